The Labute approximate surface area is 52.7 Å². The molecule has 3 radical (unpaired) electrons. The highest BCUT2D eigenvalue weighted by molar-refractivity contribution is 6.24. The maximum atomic E-state index is 3.55. The van der Waals surface area contributed by atoms with Crippen molar-refractivity contribution in [2.75, 3.05) is 0 Å². The standard InChI is InChI=1S/C7H7Si/c8-7-4-5-1-2-6(7)3-5/h4H,1-3H2. The van der Waals surface area contributed by atoms with E-state index in [9.17, 15) is 0 Å². The monoisotopic (exact) mass is 119 g/mol. The van der Waals surface area contributed by atoms with Crippen LogP contribution >= 0.6 is 0 Å². The third-order valence-corrected chi connectivity index (χ3v) is 2.42. The lowest BCUT2D eigenvalue weighted by molar-refractivity contribution is 1.03. The Morgan fingerprint density at radius 3 is 2.50 bits per heavy atom. The Balaban J connectivity index is 2.47. The summed E-state index contributed by atoms with van der Waals surface area (Å²) in [5, 5.41) is 1.35. The third-order valence-electron chi connectivity index (χ3n) is 1.92. The third kappa shape index (κ3) is 0.451. The lowest BCUT2D eigenvalue weighted by Crippen LogP contribution is -1.81. The molecular formula is C7H7Si. The summed E-state index contributed by atoms with van der Waals surface area (Å²) in [7, 11) is 3.55. The molecule has 1 heteroatoms. The Morgan fingerprint density at radius 1 is 1.38 bits per heavy atom. The molecule has 0 unspecified atom stereocenters. The minimum Gasteiger partial charge on any atom is -0.0678 e. The van der Waals surface area contributed by atoms with Gasteiger partial charge in [-0.05, 0) is 19.3 Å². The summed E-state index contributed by atoms with van der Waals surface area (Å²) in [5.41, 5.74) is 3.22. The molecule has 0 nitrogen and oxygen atoms in total. The predicted octanol–water partition coefficient (Wildman–Crippen LogP) is 1.53. The van der Waals surface area contributed by atoms with Crippen LogP contribution in [-0.4, -0.2) is 10.2 Å². The molecule has 0 aromatic carbocycles. The summed E-state index contributed by atoms with van der Waals surface area (Å²) in [6.45, 7) is 0. The number of rotatable bonds is 0. The second-order valence-corrected chi connectivity index (χ2v) is 3.04. The largest absolute Gasteiger partial charge is 0.0711 e. The van der Waals surface area contributed by atoms with Crippen molar-refractivity contribution in [2.24, 2.45) is 0 Å². The van der Waals surface area contributed by atoms with Gasteiger partial charge in [-0.15, -0.1) is 0 Å². The maximum Gasteiger partial charge on any atom is 0.0711 e. The van der Waals surface area contributed by atoms with Crippen molar-refractivity contribution in [3.8, 4) is 0 Å². The van der Waals surface area contributed by atoms with Crippen LogP contribution in [0.25, 0.3) is 0 Å². The van der Waals surface area contributed by atoms with E-state index >= 15 is 0 Å². The van der Waals surface area contributed by atoms with Gasteiger partial charge in [-0.3, -0.25) is 0 Å². The smallest absolute Gasteiger partial charge is 0.0678 e. The molecule has 1 saturated carbocycles. The van der Waals surface area contributed by atoms with Crippen molar-refractivity contribution in [3.63, 3.8) is 0 Å². The van der Waals surface area contributed by atoms with Crippen LogP contribution in [0.5, 0.6) is 0 Å². The Kier molecular flexibility index (Phi) is 0.769. The summed E-state index contributed by atoms with van der Waals surface area (Å²) in [6, 6.07) is 0. The van der Waals surface area contributed by atoms with E-state index in [1.807, 2.05) is 0 Å². The zero-order valence-corrected chi connectivity index (χ0v) is 5.70. The van der Waals surface area contributed by atoms with E-state index in [1.165, 1.54) is 24.5 Å². The molecule has 2 aliphatic carbocycles. The van der Waals surface area contributed by atoms with E-state index in [0.29, 0.717) is 0 Å². The molecule has 2 aliphatic rings. The molecule has 0 saturated heterocycles. The highest BCUT2D eigenvalue weighted by Gasteiger charge is 2.18. The topological polar surface area (TPSA) is 0 Å². The molecular weight excluding hydrogens is 112 g/mol. The molecule has 0 heterocycles. The highest BCUT2D eigenvalue weighted by atomic mass is 28.1. The van der Waals surface area contributed by atoms with Crippen molar-refractivity contribution in [1.29, 1.82) is 0 Å². The second kappa shape index (κ2) is 1.35. The van der Waals surface area contributed by atoms with Gasteiger partial charge in [-0.25, -0.2) is 0 Å². The van der Waals surface area contributed by atoms with Crippen molar-refractivity contribution in [1.82, 2.24) is 0 Å². The first-order valence-electron chi connectivity index (χ1n) is 2.99. The van der Waals surface area contributed by atoms with Gasteiger partial charge < -0.3 is 0 Å². The first-order chi connectivity index (χ1) is 3.86. The fraction of sp³-hybridized carbons (Fsp3) is 0.429. The van der Waals surface area contributed by atoms with E-state index in [0.717, 1.165) is 0 Å². The van der Waals surface area contributed by atoms with Gasteiger partial charge in [-0.1, -0.05) is 22.4 Å². The molecule has 2 rings (SSSR count). The average molecular weight is 119 g/mol. The molecule has 0 aromatic heterocycles. The first kappa shape index (κ1) is 4.56. The molecule has 39 valence electrons. The number of hydrogen-bond acceptors (Lipinski definition) is 0. The normalized spacial score (nSPS) is 24.9. The van der Waals surface area contributed by atoms with Crippen molar-refractivity contribution in [3.05, 3.63) is 22.4 Å². The van der Waals surface area contributed by atoms with Gasteiger partial charge in [0.15, 0.2) is 0 Å². The summed E-state index contributed by atoms with van der Waals surface area (Å²) in [5.74, 6) is 0. The quantitative estimate of drug-likeness (QED) is 0.424. The SMILES string of the molecule is [Si]C1=C2CCC(=C1)C2. The number of hydrogen-bond donors (Lipinski definition) is 0. The van der Waals surface area contributed by atoms with Crippen LogP contribution in [0.1, 0.15) is 19.3 Å². The van der Waals surface area contributed by atoms with E-state index in [1.54, 1.807) is 11.1 Å². The molecule has 0 aliphatic heterocycles. The van der Waals surface area contributed by atoms with Crippen LogP contribution in [0.2, 0.25) is 0 Å². The summed E-state index contributed by atoms with van der Waals surface area (Å²) in [4.78, 5) is 0. The molecule has 0 atom stereocenters. The lowest BCUT2D eigenvalue weighted by Gasteiger charge is -1.96. The number of allylic oxidation sites excluding steroid dienone is 4. The van der Waals surface area contributed by atoms with Crippen LogP contribution in [0.15, 0.2) is 22.4 Å². The van der Waals surface area contributed by atoms with E-state index < -0.39 is 0 Å². The molecule has 2 bridgehead atoms. The fourth-order valence-electron chi connectivity index (χ4n) is 1.42. The molecule has 0 amide bonds. The van der Waals surface area contributed by atoms with Gasteiger partial charge in [0.05, 0.1) is 10.2 Å². The minimum atomic E-state index is 1.26. The lowest BCUT2D eigenvalue weighted by atomic mass is 10.2. The van der Waals surface area contributed by atoms with E-state index in [-0.39, 0.29) is 0 Å². The van der Waals surface area contributed by atoms with Gasteiger partial charge in [0.25, 0.3) is 0 Å². The van der Waals surface area contributed by atoms with Gasteiger partial charge in [0.1, 0.15) is 0 Å². The van der Waals surface area contributed by atoms with Crippen LogP contribution in [-0.2, 0) is 0 Å². The van der Waals surface area contributed by atoms with Crippen molar-refractivity contribution in [2.45, 2.75) is 19.3 Å². The maximum absolute atomic E-state index is 3.55. The van der Waals surface area contributed by atoms with Gasteiger partial charge in [-0.2, -0.15) is 0 Å². The Morgan fingerprint density at radius 2 is 2.25 bits per heavy atom. The van der Waals surface area contributed by atoms with Gasteiger partial charge in [0.2, 0.25) is 0 Å². The Hall–Kier alpha value is -0.303. The van der Waals surface area contributed by atoms with Crippen LogP contribution in [0.4, 0.5) is 0 Å². The number of fused-ring (bicyclic) bond motifs is 2. The molecule has 8 heavy (non-hydrogen) atoms. The summed E-state index contributed by atoms with van der Waals surface area (Å²) in [6.07, 6.45) is 6.16. The molecule has 0 N–H and O–H groups in total. The molecule has 1 fully saturated rings. The molecule has 0 aromatic rings. The highest BCUT2D eigenvalue weighted by Crippen LogP contribution is 2.37. The van der Waals surface area contributed by atoms with E-state index in [4.69, 9.17) is 0 Å². The zero-order valence-electron chi connectivity index (χ0n) is 4.70. The van der Waals surface area contributed by atoms with Gasteiger partial charge in [0, 0.05) is 0 Å². The zero-order chi connectivity index (χ0) is 5.56. The van der Waals surface area contributed by atoms with Gasteiger partial charge >= 0.3 is 0 Å². The van der Waals surface area contributed by atoms with Crippen LogP contribution < -0.4 is 0 Å². The van der Waals surface area contributed by atoms with Crippen molar-refractivity contribution < 1.29 is 0 Å². The predicted molar refractivity (Wildman–Crippen MR) is 34.7 cm³/mol. The first-order valence-corrected chi connectivity index (χ1v) is 3.49. The second-order valence-electron chi connectivity index (χ2n) is 2.50. The van der Waals surface area contributed by atoms with Crippen LogP contribution in [0, 0.1) is 0 Å². The summed E-state index contributed by atoms with van der Waals surface area (Å²) < 4.78 is 0. The fourth-order valence-corrected chi connectivity index (χ4v) is 1.84. The minimum absolute atomic E-state index is 1.26. The van der Waals surface area contributed by atoms with Crippen molar-refractivity contribution >= 4 is 10.2 Å². The molecule has 0 spiro atoms. The van der Waals surface area contributed by atoms with E-state index in [2.05, 4.69) is 16.3 Å². The van der Waals surface area contributed by atoms with Crippen LogP contribution in [0.3, 0.4) is 0 Å². The Bertz CT molecular complexity index is 187. The average Bonchev–Trinajstić information content (AvgIpc) is 2.23. The summed E-state index contributed by atoms with van der Waals surface area (Å²) >= 11 is 0.